The molecule has 0 aliphatic carbocycles. The van der Waals surface area contributed by atoms with Crippen molar-refractivity contribution >= 4 is 20.2 Å². The summed E-state index contributed by atoms with van der Waals surface area (Å²) in [4.78, 5) is 0. The van der Waals surface area contributed by atoms with E-state index in [-0.39, 0.29) is 59.1 Å². The first-order chi connectivity index (χ1) is 11.2. The van der Waals surface area contributed by atoms with Gasteiger partial charge in [-0.05, 0) is 12.8 Å². The number of hydrogen-bond acceptors (Lipinski definition) is 6. The molecule has 0 spiro atoms. The second-order valence-electron chi connectivity index (χ2n) is 6.15. The summed E-state index contributed by atoms with van der Waals surface area (Å²) in [5.41, 5.74) is 0. The summed E-state index contributed by atoms with van der Waals surface area (Å²) < 4.78 is 64.6. The van der Waals surface area contributed by atoms with Crippen LogP contribution in [0.5, 0.6) is 0 Å². The van der Waals surface area contributed by atoms with Crippen LogP contribution in [0.15, 0.2) is 12.2 Å². The Morgan fingerprint density at radius 2 is 1.19 bits per heavy atom. The van der Waals surface area contributed by atoms with E-state index in [1.807, 2.05) is 0 Å². The van der Waals surface area contributed by atoms with E-state index in [4.69, 9.17) is 0 Å². The van der Waals surface area contributed by atoms with Crippen molar-refractivity contribution < 1.29 is 85.1 Å². The summed E-state index contributed by atoms with van der Waals surface area (Å²) >= 11 is 0. The molecule has 0 saturated heterocycles. The van der Waals surface area contributed by atoms with Crippen molar-refractivity contribution in [2.24, 2.45) is 0 Å². The second-order valence-corrected chi connectivity index (χ2v) is 9.19. The summed E-state index contributed by atoms with van der Waals surface area (Å²) in [5.74, 6) is -1.20. The molecule has 1 unspecified atom stereocenters. The fraction of sp³-hybridized carbons (Fsp3) is 0.875. The van der Waals surface area contributed by atoms with E-state index < -0.39 is 31.2 Å². The fourth-order valence-corrected chi connectivity index (χ4v) is 4.42. The zero-order valence-corrected chi connectivity index (χ0v) is 22.1. The molecule has 26 heavy (non-hydrogen) atoms. The largest absolute Gasteiger partial charge is 1.00 e. The minimum absolute atomic E-state index is 0. The van der Waals surface area contributed by atoms with Gasteiger partial charge in [-0.3, -0.25) is 0 Å². The average molecular weight is 429 g/mol. The molecule has 0 radical (unpaired) electrons. The molecule has 0 N–H and O–H groups in total. The number of hydrogen-bond donors (Lipinski definition) is 0. The van der Waals surface area contributed by atoms with E-state index >= 15 is 0 Å². The third-order valence-corrected chi connectivity index (χ3v) is 5.86. The first-order valence-electron chi connectivity index (χ1n) is 8.71. The molecule has 10 heteroatoms. The molecule has 0 aromatic heterocycles. The van der Waals surface area contributed by atoms with Gasteiger partial charge >= 0.3 is 59.1 Å². The molecule has 0 aliphatic heterocycles. The number of unbranched alkanes of at least 4 members (excludes halogenated alkanes) is 10. The molecular formula is C16H30Na2O6S2. The van der Waals surface area contributed by atoms with Crippen LogP contribution >= 0.6 is 0 Å². The molecule has 0 heterocycles. The molecule has 0 aliphatic rings. The Kier molecular flexibility index (Phi) is 23.0. The molecule has 0 aromatic rings. The standard InChI is InChI=1S/C16H32O6S2.2Na/c1-2-3-4-5-6-7-8-9-10-11-12-13-14-16(24(20,21)22)15-23(17,18)19;;/h13-14,16H,2-12,15H2,1H3,(H,17,18,19)(H,20,21,22);;/q;2*+1/p-2. The van der Waals surface area contributed by atoms with E-state index in [0.717, 1.165) is 25.3 Å². The summed E-state index contributed by atoms with van der Waals surface area (Å²) in [6.45, 7) is 2.20. The zero-order chi connectivity index (χ0) is 18.5. The van der Waals surface area contributed by atoms with E-state index in [0.29, 0.717) is 6.42 Å². The molecule has 0 aromatic carbocycles. The Labute approximate surface area is 204 Å². The van der Waals surface area contributed by atoms with Crippen LogP contribution in [0.2, 0.25) is 0 Å². The molecule has 0 saturated carbocycles. The quantitative estimate of drug-likeness (QED) is 0.122. The van der Waals surface area contributed by atoms with Crippen LogP contribution in [0.3, 0.4) is 0 Å². The predicted octanol–water partition coefficient (Wildman–Crippen LogP) is -2.68. The van der Waals surface area contributed by atoms with Crippen LogP contribution in [0.4, 0.5) is 0 Å². The van der Waals surface area contributed by atoms with Crippen LogP contribution < -0.4 is 59.1 Å². The van der Waals surface area contributed by atoms with Crippen LogP contribution in [0.1, 0.15) is 77.6 Å². The summed E-state index contributed by atoms with van der Waals surface area (Å²) in [6, 6.07) is 0. The minimum Gasteiger partial charge on any atom is -0.748 e. The van der Waals surface area contributed by atoms with Gasteiger partial charge in [0.05, 0.1) is 21.1 Å². The fourth-order valence-electron chi connectivity index (χ4n) is 2.43. The smallest absolute Gasteiger partial charge is 0.748 e. The molecule has 0 fully saturated rings. The maximum Gasteiger partial charge on any atom is 1.00 e. The first-order valence-corrected chi connectivity index (χ1v) is 11.8. The second kappa shape index (κ2) is 18.6. The van der Waals surface area contributed by atoms with Crippen molar-refractivity contribution in [3.8, 4) is 0 Å². The summed E-state index contributed by atoms with van der Waals surface area (Å²) in [7, 11) is -9.58. The predicted molar refractivity (Wildman–Crippen MR) is 93.7 cm³/mol. The Balaban J connectivity index is -0.00000264. The molecule has 0 rings (SSSR count). The molecule has 6 nitrogen and oxygen atoms in total. The van der Waals surface area contributed by atoms with Crippen LogP contribution in [0, 0.1) is 0 Å². The maximum absolute atomic E-state index is 10.9. The van der Waals surface area contributed by atoms with Crippen molar-refractivity contribution in [1.29, 1.82) is 0 Å². The first kappa shape index (κ1) is 32.2. The van der Waals surface area contributed by atoms with Crippen LogP contribution in [0.25, 0.3) is 0 Å². The van der Waals surface area contributed by atoms with Gasteiger partial charge in [0.25, 0.3) is 0 Å². The van der Waals surface area contributed by atoms with Gasteiger partial charge in [-0.2, -0.15) is 0 Å². The normalized spacial score (nSPS) is 13.2. The van der Waals surface area contributed by atoms with Crippen molar-refractivity contribution in [2.45, 2.75) is 82.8 Å². The monoisotopic (exact) mass is 428 g/mol. The Bertz CT molecular complexity index is 547. The van der Waals surface area contributed by atoms with Gasteiger partial charge in [-0.15, -0.1) is 0 Å². The van der Waals surface area contributed by atoms with Crippen molar-refractivity contribution in [1.82, 2.24) is 0 Å². The Hall–Kier alpha value is 1.56. The Morgan fingerprint density at radius 1 is 0.769 bits per heavy atom. The van der Waals surface area contributed by atoms with Crippen molar-refractivity contribution in [3.63, 3.8) is 0 Å². The van der Waals surface area contributed by atoms with Crippen LogP contribution in [-0.2, 0) is 20.2 Å². The topological polar surface area (TPSA) is 114 Å². The number of allylic oxidation sites excluding steroid dienone is 1. The molecule has 144 valence electrons. The SMILES string of the molecule is CCCCCCCCCCCCC=CC(CS(=O)(=O)[O-])S(=O)(=O)[O-].[Na+].[Na+]. The van der Waals surface area contributed by atoms with E-state index in [1.165, 1.54) is 51.0 Å². The van der Waals surface area contributed by atoms with Gasteiger partial charge in [-0.25, -0.2) is 16.8 Å². The van der Waals surface area contributed by atoms with Crippen LogP contribution in [-0.4, -0.2) is 36.9 Å². The molecular weight excluding hydrogens is 398 g/mol. The number of rotatable bonds is 15. The van der Waals surface area contributed by atoms with Gasteiger partial charge in [0.1, 0.15) is 10.1 Å². The molecule has 1 atom stereocenters. The van der Waals surface area contributed by atoms with Gasteiger partial charge < -0.3 is 9.11 Å². The third kappa shape index (κ3) is 21.9. The third-order valence-electron chi connectivity index (χ3n) is 3.81. The zero-order valence-electron chi connectivity index (χ0n) is 16.5. The summed E-state index contributed by atoms with van der Waals surface area (Å²) in [5, 5.41) is -1.79. The molecule has 0 amide bonds. The van der Waals surface area contributed by atoms with Crippen molar-refractivity contribution in [3.05, 3.63) is 12.2 Å². The van der Waals surface area contributed by atoms with Gasteiger partial charge in [-0.1, -0.05) is 76.9 Å². The minimum atomic E-state index is -4.83. The summed E-state index contributed by atoms with van der Waals surface area (Å²) in [6.07, 6.45) is 14.9. The van der Waals surface area contributed by atoms with Gasteiger partial charge in [0, 0.05) is 0 Å². The maximum atomic E-state index is 10.9. The van der Waals surface area contributed by atoms with E-state index in [2.05, 4.69) is 6.92 Å². The van der Waals surface area contributed by atoms with Crippen molar-refractivity contribution in [2.75, 3.05) is 5.75 Å². The molecule has 0 bridgehead atoms. The average Bonchev–Trinajstić information content (AvgIpc) is 2.45. The Morgan fingerprint density at radius 3 is 1.58 bits per heavy atom. The van der Waals surface area contributed by atoms with E-state index in [9.17, 15) is 25.9 Å². The van der Waals surface area contributed by atoms with E-state index in [1.54, 1.807) is 0 Å². The van der Waals surface area contributed by atoms with Gasteiger partial charge in [0.2, 0.25) is 0 Å². The van der Waals surface area contributed by atoms with Gasteiger partial charge in [0.15, 0.2) is 0 Å².